The molecule has 2 rings (SSSR count). The van der Waals surface area contributed by atoms with E-state index in [1.807, 2.05) is 13.8 Å². The summed E-state index contributed by atoms with van der Waals surface area (Å²) < 4.78 is 1.60. The van der Waals surface area contributed by atoms with Crippen LogP contribution in [0.15, 0.2) is 35.1 Å². The van der Waals surface area contributed by atoms with E-state index in [9.17, 15) is 9.59 Å². The molecule has 0 aliphatic rings. The number of carboxylic acid groups (broad SMARTS) is 1. The smallest absolute Gasteiger partial charge is 0.336 e. The van der Waals surface area contributed by atoms with Crippen molar-refractivity contribution in [3.05, 3.63) is 46.2 Å². The third-order valence-corrected chi connectivity index (χ3v) is 2.71. The lowest BCUT2D eigenvalue weighted by atomic mass is 10.1. The Labute approximate surface area is 98.1 Å². The average Bonchev–Trinajstić information content (AvgIpc) is 2.27. The predicted octanol–water partition coefficient (Wildman–Crippen LogP) is 2.28. The second-order valence-electron chi connectivity index (χ2n) is 4.18. The van der Waals surface area contributed by atoms with E-state index in [1.54, 1.807) is 28.8 Å². The number of hydrogen-bond acceptors (Lipinski definition) is 2. The highest BCUT2D eigenvalue weighted by atomic mass is 16.4. The molecule has 17 heavy (non-hydrogen) atoms. The van der Waals surface area contributed by atoms with Gasteiger partial charge in [-0.1, -0.05) is 18.2 Å². The molecule has 0 radical (unpaired) electrons. The zero-order chi connectivity index (χ0) is 12.6. The van der Waals surface area contributed by atoms with E-state index >= 15 is 0 Å². The zero-order valence-electron chi connectivity index (χ0n) is 9.68. The van der Waals surface area contributed by atoms with Crippen molar-refractivity contribution in [2.45, 2.75) is 19.9 Å². The lowest BCUT2D eigenvalue weighted by Crippen LogP contribution is -2.23. The monoisotopic (exact) mass is 231 g/mol. The first-order valence-corrected chi connectivity index (χ1v) is 5.40. The van der Waals surface area contributed by atoms with Crippen LogP contribution in [0.5, 0.6) is 0 Å². The summed E-state index contributed by atoms with van der Waals surface area (Å²) in [7, 11) is 0. The molecule has 0 saturated carbocycles. The number of para-hydroxylation sites is 1. The maximum absolute atomic E-state index is 11.9. The number of benzene rings is 1. The van der Waals surface area contributed by atoms with Crippen LogP contribution in [-0.4, -0.2) is 15.6 Å². The van der Waals surface area contributed by atoms with Gasteiger partial charge < -0.3 is 9.67 Å². The number of rotatable bonds is 2. The van der Waals surface area contributed by atoms with Gasteiger partial charge in [-0.25, -0.2) is 4.79 Å². The minimum absolute atomic E-state index is 0.00440. The van der Waals surface area contributed by atoms with Gasteiger partial charge in [0.15, 0.2) is 0 Å². The highest BCUT2D eigenvalue weighted by molar-refractivity contribution is 6.02. The van der Waals surface area contributed by atoms with E-state index in [4.69, 9.17) is 5.11 Å². The Morgan fingerprint density at radius 2 is 1.94 bits per heavy atom. The van der Waals surface area contributed by atoms with E-state index in [2.05, 4.69) is 0 Å². The van der Waals surface area contributed by atoms with Gasteiger partial charge in [0.2, 0.25) is 0 Å². The molecule has 0 unspecified atom stereocenters. The molecule has 1 aromatic carbocycles. The Kier molecular flexibility index (Phi) is 2.71. The maximum Gasteiger partial charge on any atom is 0.336 e. The molecule has 4 nitrogen and oxygen atoms in total. The lowest BCUT2D eigenvalue weighted by Gasteiger charge is -2.14. The van der Waals surface area contributed by atoms with Crippen molar-refractivity contribution in [3.63, 3.8) is 0 Å². The average molecular weight is 231 g/mol. The standard InChI is InChI=1S/C13H13NO3/c1-8(2)14-11-6-4-3-5-9(11)10(13(16)17)7-12(14)15/h3-8H,1-2H3,(H,16,17). The van der Waals surface area contributed by atoms with Crippen LogP contribution in [0.1, 0.15) is 30.2 Å². The summed E-state index contributed by atoms with van der Waals surface area (Å²) in [6.07, 6.45) is 0. The van der Waals surface area contributed by atoms with Crippen LogP contribution in [-0.2, 0) is 0 Å². The molecule has 2 aromatic rings. The molecule has 1 aromatic heterocycles. The third-order valence-electron chi connectivity index (χ3n) is 2.71. The van der Waals surface area contributed by atoms with Crippen LogP contribution < -0.4 is 5.56 Å². The zero-order valence-corrected chi connectivity index (χ0v) is 9.68. The number of aromatic nitrogens is 1. The second kappa shape index (κ2) is 4.05. The van der Waals surface area contributed by atoms with Crippen LogP contribution >= 0.6 is 0 Å². The molecule has 0 amide bonds. The number of fused-ring (bicyclic) bond motifs is 1. The summed E-state index contributed by atoms with van der Waals surface area (Å²) in [5.41, 5.74) is 0.436. The van der Waals surface area contributed by atoms with Gasteiger partial charge in [0.1, 0.15) is 0 Å². The number of carboxylic acids is 1. The fourth-order valence-electron chi connectivity index (χ4n) is 2.01. The van der Waals surface area contributed by atoms with Crippen molar-refractivity contribution >= 4 is 16.9 Å². The lowest BCUT2D eigenvalue weighted by molar-refractivity contribution is 0.0698. The van der Waals surface area contributed by atoms with Crippen LogP contribution in [0.4, 0.5) is 0 Å². The van der Waals surface area contributed by atoms with Crippen LogP contribution in [0.25, 0.3) is 10.9 Å². The van der Waals surface area contributed by atoms with Crippen LogP contribution in [0.2, 0.25) is 0 Å². The van der Waals surface area contributed by atoms with Crippen molar-refractivity contribution in [1.29, 1.82) is 0 Å². The van der Waals surface area contributed by atoms with Crippen molar-refractivity contribution in [2.24, 2.45) is 0 Å². The number of nitrogens with zero attached hydrogens (tertiary/aromatic N) is 1. The largest absolute Gasteiger partial charge is 0.478 e. The Bertz CT molecular complexity index is 641. The molecular formula is C13H13NO3. The van der Waals surface area contributed by atoms with E-state index in [0.29, 0.717) is 10.9 Å². The molecule has 1 heterocycles. The second-order valence-corrected chi connectivity index (χ2v) is 4.18. The highest BCUT2D eigenvalue weighted by Gasteiger charge is 2.14. The number of pyridine rings is 1. The summed E-state index contributed by atoms with van der Waals surface area (Å²) in [4.78, 5) is 23.0. The Hall–Kier alpha value is -2.10. The van der Waals surface area contributed by atoms with E-state index in [1.165, 1.54) is 6.07 Å². The SMILES string of the molecule is CC(C)n1c(=O)cc(C(=O)O)c2ccccc21. The Morgan fingerprint density at radius 3 is 2.53 bits per heavy atom. The fourth-order valence-corrected chi connectivity index (χ4v) is 2.01. The summed E-state index contributed by atoms with van der Waals surface area (Å²) in [6, 6.07) is 8.23. The summed E-state index contributed by atoms with van der Waals surface area (Å²) in [5, 5.41) is 9.68. The topological polar surface area (TPSA) is 59.3 Å². The Balaban J connectivity index is 2.97. The van der Waals surface area contributed by atoms with Crippen molar-refractivity contribution in [1.82, 2.24) is 4.57 Å². The summed E-state index contributed by atoms with van der Waals surface area (Å²) in [6.45, 7) is 3.79. The van der Waals surface area contributed by atoms with E-state index in [0.717, 1.165) is 0 Å². The van der Waals surface area contributed by atoms with Crippen molar-refractivity contribution < 1.29 is 9.90 Å². The molecule has 1 N–H and O–H groups in total. The van der Waals surface area contributed by atoms with Gasteiger partial charge in [0.05, 0.1) is 11.1 Å². The first-order valence-electron chi connectivity index (χ1n) is 5.40. The van der Waals surface area contributed by atoms with Gasteiger partial charge in [-0.2, -0.15) is 0 Å². The highest BCUT2D eigenvalue weighted by Crippen LogP contribution is 2.19. The van der Waals surface area contributed by atoms with Gasteiger partial charge in [0.25, 0.3) is 5.56 Å². The maximum atomic E-state index is 11.9. The number of carbonyl (C=O) groups is 1. The summed E-state index contributed by atoms with van der Waals surface area (Å²) in [5.74, 6) is -1.07. The quantitative estimate of drug-likeness (QED) is 0.862. The van der Waals surface area contributed by atoms with Gasteiger partial charge in [-0.3, -0.25) is 4.79 Å². The first kappa shape index (κ1) is 11.4. The van der Waals surface area contributed by atoms with Crippen molar-refractivity contribution in [3.8, 4) is 0 Å². The third kappa shape index (κ3) is 1.82. The molecule has 0 saturated heterocycles. The van der Waals surface area contributed by atoms with Crippen LogP contribution in [0, 0.1) is 0 Å². The molecule has 0 fully saturated rings. The normalized spacial score (nSPS) is 11.0. The molecular weight excluding hydrogens is 218 g/mol. The molecule has 0 bridgehead atoms. The molecule has 0 aliphatic heterocycles. The molecule has 88 valence electrons. The van der Waals surface area contributed by atoms with Gasteiger partial charge in [-0.05, 0) is 19.9 Å². The van der Waals surface area contributed by atoms with E-state index < -0.39 is 5.97 Å². The number of aromatic carboxylic acids is 1. The number of hydrogen-bond donors (Lipinski definition) is 1. The Morgan fingerprint density at radius 1 is 1.29 bits per heavy atom. The van der Waals surface area contributed by atoms with Gasteiger partial charge in [0, 0.05) is 17.5 Å². The first-order chi connectivity index (χ1) is 8.02. The summed E-state index contributed by atoms with van der Waals surface area (Å²) >= 11 is 0. The molecule has 4 heteroatoms. The molecule has 0 spiro atoms. The predicted molar refractivity (Wildman–Crippen MR) is 65.6 cm³/mol. The minimum Gasteiger partial charge on any atom is -0.478 e. The van der Waals surface area contributed by atoms with Crippen molar-refractivity contribution in [2.75, 3.05) is 0 Å². The van der Waals surface area contributed by atoms with Crippen LogP contribution in [0.3, 0.4) is 0 Å². The van der Waals surface area contributed by atoms with Gasteiger partial charge in [-0.15, -0.1) is 0 Å². The van der Waals surface area contributed by atoms with Gasteiger partial charge >= 0.3 is 5.97 Å². The molecule has 0 atom stereocenters. The molecule has 0 aliphatic carbocycles. The van der Waals surface area contributed by atoms with E-state index in [-0.39, 0.29) is 17.2 Å². The minimum atomic E-state index is -1.07. The fraction of sp³-hybridized carbons (Fsp3) is 0.231.